The van der Waals surface area contributed by atoms with Gasteiger partial charge in [0.25, 0.3) is 0 Å². The van der Waals surface area contributed by atoms with Crippen LogP contribution in [0.15, 0.2) is 36.7 Å². The summed E-state index contributed by atoms with van der Waals surface area (Å²) in [6.45, 7) is 3.04. The summed E-state index contributed by atoms with van der Waals surface area (Å²) in [5, 5.41) is 17.6. The molecule has 4 heteroatoms. The molecule has 0 saturated heterocycles. The van der Waals surface area contributed by atoms with Crippen molar-refractivity contribution in [2.75, 3.05) is 0 Å². The summed E-state index contributed by atoms with van der Waals surface area (Å²) in [6.07, 6.45) is 7.23. The molecular formula is C16H21N3O. The van der Waals surface area contributed by atoms with Gasteiger partial charge in [0, 0.05) is 24.5 Å². The molecule has 20 heavy (non-hydrogen) atoms. The molecular weight excluding hydrogens is 250 g/mol. The first-order valence-electron chi connectivity index (χ1n) is 7.27. The summed E-state index contributed by atoms with van der Waals surface area (Å²) >= 11 is 0. The molecule has 0 spiro atoms. The van der Waals surface area contributed by atoms with Gasteiger partial charge in [0.2, 0.25) is 0 Å². The minimum absolute atomic E-state index is 0.330. The Labute approximate surface area is 119 Å². The molecule has 2 aromatic rings. The van der Waals surface area contributed by atoms with Crippen LogP contribution in [-0.4, -0.2) is 20.9 Å². The number of rotatable bonds is 4. The number of nitrogens with zero attached hydrogens (tertiary/aromatic N) is 2. The predicted molar refractivity (Wildman–Crippen MR) is 78.6 cm³/mol. The van der Waals surface area contributed by atoms with Crippen molar-refractivity contribution in [3.63, 3.8) is 0 Å². The van der Waals surface area contributed by atoms with E-state index in [1.54, 1.807) is 12.3 Å². The van der Waals surface area contributed by atoms with E-state index >= 15 is 0 Å². The summed E-state index contributed by atoms with van der Waals surface area (Å²) in [5.41, 5.74) is 2.61. The van der Waals surface area contributed by atoms with Crippen molar-refractivity contribution in [2.45, 2.75) is 44.8 Å². The molecule has 0 radical (unpaired) electrons. The fraction of sp³-hybridized carbons (Fsp3) is 0.438. The second-order valence-electron chi connectivity index (χ2n) is 5.62. The molecule has 1 aliphatic rings. The highest BCUT2D eigenvalue weighted by molar-refractivity contribution is 5.38. The van der Waals surface area contributed by atoms with Gasteiger partial charge in [-0.2, -0.15) is 5.10 Å². The Kier molecular flexibility index (Phi) is 3.74. The van der Waals surface area contributed by atoms with E-state index in [0.717, 1.165) is 19.4 Å². The lowest BCUT2D eigenvalue weighted by molar-refractivity contribution is 0.368. The van der Waals surface area contributed by atoms with Gasteiger partial charge in [0.15, 0.2) is 0 Å². The van der Waals surface area contributed by atoms with E-state index in [9.17, 15) is 5.11 Å². The number of fused-ring (bicyclic) bond motifs is 1. The standard InChI is InChI=1S/C16H21N3O/c1-12(11-19-9-3-8-17-19)18-16-5-2-4-13-6-7-14(20)10-15(13)16/h3,6-10,12,16,18,20H,2,4-5,11H2,1H3. The molecule has 3 rings (SSSR count). The zero-order valence-electron chi connectivity index (χ0n) is 11.8. The van der Waals surface area contributed by atoms with Crippen LogP contribution in [0.4, 0.5) is 0 Å². The van der Waals surface area contributed by atoms with Gasteiger partial charge in [0.1, 0.15) is 5.75 Å². The van der Waals surface area contributed by atoms with E-state index in [1.807, 2.05) is 23.0 Å². The average molecular weight is 271 g/mol. The van der Waals surface area contributed by atoms with Gasteiger partial charge in [-0.15, -0.1) is 0 Å². The summed E-state index contributed by atoms with van der Waals surface area (Å²) in [7, 11) is 0. The first kappa shape index (κ1) is 13.2. The lowest BCUT2D eigenvalue weighted by Crippen LogP contribution is -2.35. The van der Waals surface area contributed by atoms with Gasteiger partial charge in [-0.25, -0.2) is 0 Å². The summed E-state index contributed by atoms with van der Waals surface area (Å²) in [6, 6.07) is 8.36. The van der Waals surface area contributed by atoms with Crippen molar-refractivity contribution >= 4 is 0 Å². The summed E-state index contributed by atoms with van der Waals surface area (Å²) in [5.74, 6) is 0.358. The third kappa shape index (κ3) is 2.85. The maximum Gasteiger partial charge on any atom is 0.115 e. The molecule has 2 atom stereocenters. The number of aryl methyl sites for hydroxylation is 1. The largest absolute Gasteiger partial charge is 0.508 e. The molecule has 1 aromatic carbocycles. The van der Waals surface area contributed by atoms with Crippen molar-refractivity contribution in [1.82, 2.24) is 15.1 Å². The Morgan fingerprint density at radius 2 is 2.40 bits per heavy atom. The molecule has 4 nitrogen and oxygen atoms in total. The number of hydrogen-bond acceptors (Lipinski definition) is 3. The maximum atomic E-state index is 9.71. The number of phenolic OH excluding ortho intramolecular Hbond substituents is 1. The van der Waals surface area contributed by atoms with Gasteiger partial charge < -0.3 is 10.4 Å². The Bertz CT molecular complexity index is 565. The molecule has 0 amide bonds. The summed E-state index contributed by atoms with van der Waals surface area (Å²) < 4.78 is 1.95. The van der Waals surface area contributed by atoms with E-state index < -0.39 is 0 Å². The monoisotopic (exact) mass is 271 g/mol. The molecule has 2 unspecified atom stereocenters. The number of aromatic nitrogens is 2. The van der Waals surface area contributed by atoms with Crippen molar-refractivity contribution in [3.05, 3.63) is 47.8 Å². The Morgan fingerprint density at radius 3 is 3.20 bits per heavy atom. The van der Waals surface area contributed by atoms with Crippen LogP contribution in [0.5, 0.6) is 5.75 Å². The van der Waals surface area contributed by atoms with Crippen molar-refractivity contribution < 1.29 is 5.11 Å². The average Bonchev–Trinajstić information content (AvgIpc) is 2.92. The highest BCUT2D eigenvalue weighted by Gasteiger charge is 2.22. The van der Waals surface area contributed by atoms with Crippen LogP contribution in [0.3, 0.4) is 0 Å². The smallest absolute Gasteiger partial charge is 0.115 e. The van der Waals surface area contributed by atoms with Gasteiger partial charge in [-0.3, -0.25) is 4.68 Å². The van der Waals surface area contributed by atoms with Crippen LogP contribution in [0, 0.1) is 0 Å². The zero-order valence-corrected chi connectivity index (χ0v) is 11.8. The lowest BCUT2D eigenvalue weighted by atomic mass is 9.87. The van der Waals surface area contributed by atoms with E-state index in [0.29, 0.717) is 17.8 Å². The van der Waals surface area contributed by atoms with E-state index in [4.69, 9.17) is 0 Å². The predicted octanol–water partition coefficient (Wildman–Crippen LogP) is 2.64. The molecule has 1 aliphatic carbocycles. The van der Waals surface area contributed by atoms with Crippen molar-refractivity contribution in [2.24, 2.45) is 0 Å². The molecule has 106 valence electrons. The highest BCUT2D eigenvalue weighted by Crippen LogP contribution is 2.32. The van der Waals surface area contributed by atoms with Crippen LogP contribution < -0.4 is 5.32 Å². The first-order valence-corrected chi connectivity index (χ1v) is 7.27. The van der Waals surface area contributed by atoms with Gasteiger partial charge in [0.05, 0.1) is 6.54 Å². The van der Waals surface area contributed by atoms with Gasteiger partial charge >= 0.3 is 0 Å². The van der Waals surface area contributed by atoms with Crippen LogP contribution in [-0.2, 0) is 13.0 Å². The van der Waals surface area contributed by atoms with Crippen LogP contribution in [0.2, 0.25) is 0 Å². The number of nitrogens with one attached hydrogen (secondary N) is 1. The second kappa shape index (κ2) is 5.67. The SMILES string of the molecule is CC(Cn1cccn1)NC1CCCc2ccc(O)cc21. The zero-order chi connectivity index (χ0) is 13.9. The Morgan fingerprint density at radius 1 is 1.50 bits per heavy atom. The van der Waals surface area contributed by atoms with Gasteiger partial charge in [-0.05, 0) is 55.5 Å². The fourth-order valence-electron chi connectivity index (χ4n) is 3.04. The van der Waals surface area contributed by atoms with E-state index in [2.05, 4.69) is 23.4 Å². The highest BCUT2D eigenvalue weighted by atomic mass is 16.3. The van der Waals surface area contributed by atoms with Gasteiger partial charge in [-0.1, -0.05) is 6.07 Å². The minimum Gasteiger partial charge on any atom is -0.508 e. The second-order valence-corrected chi connectivity index (χ2v) is 5.62. The third-order valence-electron chi connectivity index (χ3n) is 3.95. The van der Waals surface area contributed by atoms with E-state index in [-0.39, 0.29) is 0 Å². The number of hydrogen-bond donors (Lipinski definition) is 2. The topological polar surface area (TPSA) is 50.1 Å². The minimum atomic E-state index is 0.330. The molecule has 2 N–H and O–H groups in total. The quantitative estimate of drug-likeness (QED) is 0.899. The number of benzene rings is 1. The van der Waals surface area contributed by atoms with Crippen LogP contribution >= 0.6 is 0 Å². The first-order chi connectivity index (χ1) is 9.72. The molecule has 0 aliphatic heterocycles. The normalized spacial score (nSPS) is 19.6. The van der Waals surface area contributed by atoms with Crippen LogP contribution in [0.25, 0.3) is 0 Å². The molecule has 1 aromatic heterocycles. The number of phenols is 1. The summed E-state index contributed by atoms with van der Waals surface area (Å²) in [4.78, 5) is 0. The molecule has 0 saturated carbocycles. The molecule has 1 heterocycles. The maximum absolute atomic E-state index is 9.71. The molecule has 0 bridgehead atoms. The van der Waals surface area contributed by atoms with Crippen LogP contribution in [0.1, 0.15) is 36.9 Å². The Balaban J connectivity index is 1.71. The fourth-order valence-corrected chi connectivity index (χ4v) is 3.04. The number of aromatic hydroxyl groups is 1. The Hall–Kier alpha value is -1.81. The lowest BCUT2D eigenvalue weighted by Gasteiger charge is -2.29. The van der Waals surface area contributed by atoms with Crippen molar-refractivity contribution in [1.29, 1.82) is 0 Å². The van der Waals surface area contributed by atoms with E-state index in [1.165, 1.54) is 17.5 Å². The third-order valence-corrected chi connectivity index (χ3v) is 3.95. The van der Waals surface area contributed by atoms with Crippen molar-refractivity contribution in [3.8, 4) is 5.75 Å². The molecule has 0 fully saturated rings.